The third-order valence-electron chi connectivity index (χ3n) is 2.88. The maximum absolute atomic E-state index is 11.8. The molecule has 0 aromatic heterocycles. The Morgan fingerprint density at radius 3 is 2.83 bits per heavy atom. The van der Waals surface area contributed by atoms with Crippen molar-refractivity contribution >= 4 is 17.5 Å². The summed E-state index contributed by atoms with van der Waals surface area (Å²) in [5.41, 5.74) is 6.31. The summed E-state index contributed by atoms with van der Waals surface area (Å²) in [6.07, 6.45) is 0.724. The van der Waals surface area contributed by atoms with Gasteiger partial charge in [0.05, 0.1) is 7.11 Å². The van der Waals surface area contributed by atoms with Crippen molar-refractivity contribution in [1.29, 1.82) is 0 Å². The molecule has 100 valence electrons. The molecule has 0 saturated carbocycles. The molecular weight excluding hydrogens is 252 g/mol. The van der Waals surface area contributed by atoms with Crippen molar-refractivity contribution in [2.24, 2.45) is 11.7 Å². The summed E-state index contributed by atoms with van der Waals surface area (Å²) in [7, 11) is 1.58. The molecule has 0 aliphatic carbocycles. The van der Waals surface area contributed by atoms with E-state index in [1.165, 1.54) is 0 Å². The van der Waals surface area contributed by atoms with Crippen LogP contribution in [0.3, 0.4) is 0 Å². The molecule has 0 heterocycles. The van der Waals surface area contributed by atoms with E-state index in [0.717, 1.165) is 12.0 Å². The van der Waals surface area contributed by atoms with Crippen LogP contribution in [-0.4, -0.2) is 19.6 Å². The Morgan fingerprint density at radius 2 is 2.28 bits per heavy atom. The number of ether oxygens (including phenoxy) is 1. The third kappa shape index (κ3) is 3.62. The standard InChI is InChI=1S/C13H19ClN2O2/c1-3-9(7-15)13(17)16-8-10-11(14)5-4-6-12(10)18-2/h4-6,9H,3,7-8,15H2,1-2H3,(H,16,17). The molecule has 1 aromatic carbocycles. The van der Waals surface area contributed by atoms with E-state index >= 15 is 0 Å². The van der Waals surface area contributed by atoms with Gasteiger partial charge in [-0.1, -0.05) is 24.6 Å². The number of hydrogen-bond donors (Lipinski definition) is 2. The summed E-state index contributed by atoms with van der Waals surface area (Å²) in [4.78, 5) is 11.8. The molecule has 18 heavy (non-hydrogen) atoms. The van der Waals surface area contributed by atoms with Gasteiger partial charge in [-0.3, -0.25) is 4.79 Å². The summed E-state index contributed by atoms with van der Waals surface area (Å²) in [5.74, 6) is 0.462. The first-order valence-corrected chi connectivity index (χ1v) is 6.31. The van der Waals surface area contributed by atoms with Gasteiger partial charge in [-0.15, -0.1) is 0 Å². The van der Waals surface area contributed by atoms with E-state index in [-0.39, 0.29) is 11.8 Å². The summed E-state index contributed by atoms with van der Waals surface area (Å²) in [6, 6.07) is 5.39. The normalized spacial score (nSPS) is 12.0. The zero-order valence-electron chi connectivity index (χ0n) is 10.7. The Bertz CT molecular complexity index is 406. The Balaban J connectivity index is 2.71. The van der Waals surface area contributed by atoms with Gasteiger partial charge in [-0.25, -0.2) is 0 Å². The van der Waals surface area contributed by atoms with E-state index < -0.39 is 0 Å². The van der Waals surface area contributed by atoms with E-state index in [1.807, 2.05) is 13.0 Å². The van der Waals surface area contributed by atoms with Crippen molar-refractivity contribution in [1.82, 2.24) is 5.32 Å². The van der Waals surface area contributed by atoms with Gasteiger partial charge in [0.15, 0.2) is 0 Å². The number of methoxy groups -OCH3 is 1. The molecule has 5 heteroatoms. The molecule has 1 amide bonds. The van der Waals surface area contributed by atoms with Gasteiger partial charge in [0, 0.05) is 29.6 Å². The summed E-state index contributed by atoms with van der Waals surface area (Å²) >= 11 is 6.08. The smallest absolute Gasteiger partial charge is 0.224 e. The van der Waals surface area contributed by atoms with Crippen molar-refractivity contribution in [3.05, 3.63) is 28.8 Å². The van der Waals surface area contributed by atoms with Gasteiger partial charge in [0.1, 0.15) is 5.75 Å². The van der Waals surface area contributed by atoms with Gasteiger partial charge >= 0.3 is 0 Å². The monoisotopic (exact) mass is 270 g/mol. The number of nitrogens with one attached hydrogen (secondary N) is 1. The van der Waals surface area contributed by atoms with Crippen molar-refractivity contribution in [3.8, 4) is 5.75 Å². The van der Waals surface area contributed by atoms with E-state index in [0.29, 0.717) is 23.9 Å². The highest BCUT2D eigenvalue weighted by Crippen LogP contribution is 2.25. The van der Waals surface area contributed by atoms with E-state index in [4.69, 9.17) is 22.1 Å². The molecule has 1 atom stereocenters. The number of benzene rings is 1. The first-order valence-electron chi connectivity index (χ1n) is 5.93. The van der Waals surface area contributed by atoms with Crippen LogP contribution in [0.1, 0.15) is 18.9 Å². The zero-order chi connectivity index (χ0) is 13.5. The molecule has 0 fully saturated rings. The molecule has 0 bridgehead atoms. The predicted molar refractivity (Wildman–Crippen MR) is 72.7 cm³/mol. The van der Waals surface area contributed by atoms with Crippen LogP contribution >= 0.6 is 11.6 Å². The summed E-state index contributed by atoms with van der Waals surface area (Å²) in [5, 5.41) is 3.41. The van der Waals surface area contributed by atoms with Crippen molar-refractivity contribution in [2.45, 2.75) is 19.9 Å². The van der Waals surface area contributed by atoms with Crippen LogP contribution in [0.15, 0.2) is 18.2 Å². The average Bonchev–Trinajstić information content (AvgIpc) is 2.38. The van der Waals surface area contributed by atoms with Crippen LogP contribution in [0.4, 0.5) is 0 Å². The van der Waals surface area contributed by atoms with Crippen LogP contribution in [0, 0.1) is 5.92 Å². The number of halogens is 1. The van der Waals surface area contributed by atoms with Crippen LogP contribution in [0.2, 0.25) is 5.02 Å². The fourth-order valence-electron chi connectivity index (χ4n) is 1.68. The molecule has 0 aliphatic rings. The molecule has 0 radical (unpaired) electrons. The number of carbonyl (C=O) groups excluding carboxylic acids is 1. The van der Waals surface area contributed by atoms with Gasteiger partial charge < -0.3 is 15.8 Å². The maximum Gasteiger partial charge on any atom is 0.224 e. The molecule has 4 nitrogen and oxygen atoms in total. The number of hydrogen-bond acceptors (Lipinski definition) is 3. The topological polar surface area (TPSA) is 64.4 Å². The number of rotatable bonds is 6. The van der Waals surface area contributed by atoms with Crippen molar-refractivity contribution in [3.63, 3.8) is 0 Å². The van der Waals surface area contributed by atoms with E-state index in [2.05, 4.69) is 5.32 Å². The summed E-state index contributed by atoms with van der Waals surface area (Å²) in [6.45, 7) is 2.63. The average molecular weight is 271 g/mol. The van der Waals surface area contributed by atoms with Gasteiger partial charge in [0.2, 0.25) is 5.91 Å². The van der Waals surface area contributed by atoms with Gasteiger partial charge in [-0.05, 0) is 18.6 Å². The van der Waals surface area contributed by atoms with Crippen molar-refractivity contribution in [2.75, 3.05) is 13.7 Å². The van der Waals surface area contributed by atoms with E-state index in [1.54, 1.807) is 19.2 Å². The minimum atomic E-state index is -0.154. The maximum atomic E-state index is 11.8. The van der Waals surface area contributed by atoms with E-state index in [9.17, 15) is 4.79 Å². The molecule has 1 rings (SSSR count). The lowest BCUT2D eigenvalue weighted by atomic mass is 10.1. The number of amides is 1. The highest BCUT2D eigenvalue weighted by Gasteiger charge is 2.15. The first kappa shape index (κ1) is 14.8. The second kappa shape index (κ2) is 7.24. The lowest BCUT2D eigenvalue weighted by Gasteiger charge is -2.15. The number of carbonyl (C=O) groups is 1. The molecule has 3 N–H and O–H groups in total. The predicted octanol–water partition coefficient (Wildman–Crippen LogP) is 1.95. The largest absolute Gasteiger partial charge is 0.496 e. The third-order valence-corrected chi connectivity index (χ3v) is 3.24. The SMILES string of the molecule is CCC(CN)C(=O)NCc1c(Cl)cccc1OC. The lowest BCUT2D eigenvalue weighted by Crippen LogP contribution is -2.34. The molecule has 0 spiro atoms. The lowest BCUT2D eigenvalue weighted by molar-refractivity contribution is -0.124. The van der Waals surface area contributed by atoms with Crippen LogP contribution in [0.25, 0.3) is 0 Å². The highest BCUT2D eigenvalue weighted by atomic mass is 35.5. The second-order valence-electron chi connectivity index (χ2n) is 3.98. The van der Waals surface area contributed by atoms with Crippen LogP contribution in [0.5, 0.6) is 5.75 Å². The van der Waals surface area contributed by atoms with Gasteiger partial charge in [-0.2, -0.15) is 0 Å². The molecule has 0 saturated heterocycles. The van der Waals surface area contributed by atoms with Crippen molar-refractivity contribution < 1.29 is 9.53 Å². The number of nitrogens with two attached hydrogens (primary N) is 1. The van der Waals surface area contributed by atoms with Crippen LogP contribution < -0.4 is 15.8 Å². The minimum Gasteiger partial charge on any atom is -0.496 e. The molecule has 1 aromatic rings. The second-order valence-corrected chi connectivity index (χ2v) is 4.39. The zero-order valence-corrected chi connectivity index (χ0v) is 11.5. The fourth-order valence-corrected chi connectivity index (χ4v) is 1.91. The first-order chi connectivity index (χ1) is 8.63. The summed E-state index contributed by atoms with van der Waals surface area (Å²) < 4.78 is 5.21. The Morgan fingerprint density at radius 1 is 1.56 bits per heavy atom. The van der Waals surface area contributed by atoms with Crippen LogP contribution in [-0.2, 0) is 11.3 Å². The quantitative estimate of drug-likeness (QED) is 0.830. The minimum absolute atomic E-state index is 0.0537. The Kier molecular flexibility index (Phi) is 5.95. The Hall–Kier alpha value is -1.26. The molecular formula is C13H19ClN2O2. The Labute approximate surface area is 112 Å². The highest BCUT2D eigenvalue weighted by molar-refractivity contribution is 6.31. The molecule has 1 unspecified atom stereocenters. The molecule has 0 aliphatic heterocycles. The fraction of sp³-hybridized carbons (Fsp3) is 0.462. The van der Waals surface area contributed by atoms with Gasteiger partial charge in [0.25, 0.3) is 0 Å².